The maximum Gasteiger partial charge on any atom is 0.308 e. The van der Waals surface area contributed by atoms with E-state index < -0.39 is 28.3 Å². The van der Waals surface area contributed by atoms with E-state index >= 15 is 0 Å². The average molecular weight is 486 g/mol. The number of carbonyl (C=O) groups excluding carboxylic acids is 1. The minimum atomic E-state index is -4.09. The van der Waals surface area contributed by atoms with Gasteiger partial charge in [0.05, 0.1) is 20.8 Å². The van der Waals surface area contributed by atoms with Gasteiger partial charge < -0.3 is 5.32 Å². The smallest absolute Gasteiger partial charge is 0.308 e. The number of fused-ring (bicyclic) bond motifs is 1. The van der Waals surface area contributed by atoms with Crippen molar-refractivity contribution < 1.29 is 17.6 Å². The average Bonchev–Trinajstić information content (AvgIpc) is 3.12. The molecule has 0 atom stereocenters. The van der Waals surface area contributed by atoms with E-state index in [0.29, 0.717) is 16.9 Å². The zero-order chi connectivity index (χ0) is 23.6. The van der Waals surface area contributed by atoms with Gasteiger partial charge in [-0.1, -0.05) is 29.5 Å². The first-order chi connectivity index (χ1) is 15.8. The summed E-state index contributed by atoms with van der Waals surface area (Å²) in [6.45, 7) is 1.89. The molecular formula is C23H20FN3O4S2. The zero-order valence-corrected chi connectivity index (χ0v) is 19.2. The predicted molar refractivity (Wildman–Crippen MR) is 128 cm³/mol. The quantitative estimate of drug-likeness (QED) is 0.428. The fraction of sp³-hybridized carbons (Fsp3) is 0.130. The minimum absolute atomic E-state index is 0.00854. The molecule has 0 saturated carbocycles. The van der Waals surface area contributed by atoms with Crippen molar-refractivity contribution in [3.63, 3.8) is 0 Å². The van der Waals surface area contributed by atoms with E-state index in [1.54, 1.807) is 41.0 Å². The standard InChI is InChI=1S/C23H20FN3O4S2/c1-2-26-20-13-10-17(14-21(20)32-23(26)29)25-22(28)15-27(18-11-8-16(24)9-12-18)33(30,31)19-6-4-3-5-7-19/h3-14H,2,15H2,1H3,(H,25,28). The second-order valence-electron chi connectivity index (χ2n) is 7.14. The minimum Gasteiger partial charge on any atom is -0.324 e. The lowest BCUT2D eigenvalue weighted by molar-refractivity contribution is -0.114. The van der Waals surface area contributed by atoms with Crippen LogP contribution in [-0.4, -0.2) is 25.4 Å². The molecule has 4 rings (SSSR count). The number of aryl methyl sites for hydroxylation is 1. The van der Waals surface area contributed by atoms with Gasteiger partial charge in [-0.25, -0.2) is 12.8 Å². The van der Waals surface area contributed by atoms with Crippen molar-refractivity contribution in [1.82, 2.24) is 4.57 Å². The first-order valence-electron chi connectivity index (χ1n) is 10.1. The summed E-state index contributed by atoms with van der Waals surface area (Å²) in [5.41, 5.74) is 1.36. The zero-order valence-electron chi connectivity index (χ0n) is 17.6. The predicted octanol–water partition coefficient (Wildman–Crippen LogP) is 4.06. The van der Waals surface area contributed by atoms with E-state index in [1.807, 2.05) is 6.92 Å². The molecule has 0 fully saturated rings. The van der Waals surface area contributed by atoms with Crippen LogP contribution in [0.1, 0.15) is 6.92 Å². The van der Waals surface area contributed by atoms with Gasteiger partial charge in [-0.05, 0) is 61.5 Å². The van der Waals surface area contributed by atoms with E-state index in [-0.39, 0.29) is 15.5 Å². The molecule has 1 amide bonds. The maximum atomic E-state index is 13.4. The summed E-state index contributed by atoms with van der Waals surface area (Å²) < 4.78 is 43.3. The molecule has 0 aliphatic carbocycles. The number of nitrogens with zero attached hydrogens (tertiary/aromatic N) is 2. The topological polar surface area (TPSA) is 88.5 Å². The Morgan fingerprint density at radius 1 is 1.06 bits per heavy atom. The van der Waals surface area contributed by atoms with Crippen molar-refractivity contribution >= 4 is 48.9 Å². The lowest BCUT2D eigenvalue weighted by Gasteiger charge is -2.24. The number of nitrogens with one attached hydrogen (secondary N) is 1. The number of benzene rings is 3. The van der Waals surface area contributed by atoms with Crippen LogP contribution in [0.2, 0.25) is 0 Å². The molecule has 33 heavy (non-hydrogen) atoms. The van der Waals surface area contributed by atoms with E-state index in [9.17, 15) is 22.4 Å². The van der Waals surface area contributed by atoms with Crippen molar-refractivity contribution in [1.29, 1.82) is 0 Å². The summed E-state index contributed by atoms with van der Waals surface area (Å²) in [4.78, 5) is 24.8. The number of hydrogen-bond donors (Lipinski definition) is 1. The third-order valence-electron chi connectivity index (χ3n) is 5.00. The van der Waals surface area contributed by atoms with Crippen LogP contribution < -0.4 is 14.5 Å². The summed E-state index contributed by atoms with van der Waals surface area (Å²) in [5.74, 6) is -1.10. The van der Waals surface area contributed by atoms with Gasteiger partial charge in [0.1, 0.15) is 12.4 Å². The van der Waals surface area contributed by atoms with Gasteiger partial charge in [0.2, 0.25) is 5.91 Å². The number of sulfonamides is 1. The highest BCUT2D eigenvalue weighted by molar-refractivity contribution is 7.92. The molecule has 1 aromatic heterocycles. The molecule has 170 valence electrons. The summed E-state index contributed by atoms with van der Waals surface area (Å²) >= 11 is 1.07. The number of halogens is 1. The van der Waals surface area contributed by atoms with Crippen LogP contribution in [0, 0.1) is 5.82 Å². The largest absolute Gasteiger partial charge is 0.324 e. The fourth-order valence-electron chi connectivity index (χ4n) is 3.42. The lowest BCUT2D eigenvalue weighted by atomic mass is 10.3. The van der Waals surface area contributed by atoms with Crippen LogP contribution in [-0.2, 0) is 21.4 Å². The van der Waals surface area contributed by atoms with Crippen LogP contribution in [0.25, 0.3) is 10.2 Å². The lowest BCUT2D eigenvalue weighted by Crippen LogP contribution is -2.38. The number of rotatable bonds is 7. The summed E-state index contributed by atoms with van der Waals surface area (Å²) in [5, 5.41) is 2.69. The number of amides is 1. The fourth-order valence-corrected chi connectivity index (χ4v) is 5.85. The van der Waals surface area contributed by atoms with E-state index in [0.717, 1.165) is 33.3 Å². The Morgan fingerprint density at radius 2 is 1.76 bits per heavy atom. The van der Waals surface area contributed by atoms with Crippen LogP contribution >= 0.6 is 11.3 Å². The Kier molecular flexibility index (Phi) is 6.30. The first kappa shape index (κ1) is 22.7. The van der Waals surface area contributed by atoms with Crippen molar-refractivity contribution in [3.8, 4) is 0 Å². The van der Waals surface area contributed by atoms with Gasteiger partial charge in [-0.3, -0.25) is 18.5 Å². The normalized spacial score (nSPS) is 11.5. The SMILES string of the molecule is CCn1c(=O)sc2cc(NC(=O)CN(c3ccc(F)cc3)S(=O)(=O)c3ccccc3)ccc21. The molecule has 4 aromatic rings. The van der Waals surface area contributed by atoms with Crippen molar-refractivity contribution in [2.75, 3.05) is 16.2 Å². The third kappa shape index (κ3) is 4.67. The molecule has 1 heterocycles. The number of hydrogen-bond acceptors (Lipinski definition) is 5. The van der Waals surface area contributed by atoms with Gasteiger partial charge in [0, 0.05) is 12.2 Å². The molecule has 0 spiro atoms. The summed E-state index contributed by atoms with van der Waals surface area (Å²) in [6.07, 6.45) is 0. The van der Waals surface area contributed by atoms with Gasteiger partial charge in [-0.2, -0.15) is 0 Å². The Balaban J connectivity index is 1.63. The molecule has 7 nitrogen and oxygen atoms in total. The van der Waals surface area contributed by atoms with E-state index in [4.69, 9.17) is 0 Å². The second-order valence-corrected chi connectivity index (χ2v) is 10.00. The van der Waals surface area contributed by atoms with Crippen molar-refractivity contribution in [2.45, 2.75) is 18.4 Å². The van der Waals surface area contributed by atoms with E-state index in [2.05, 4.69) is 5.32 Å². The molecular weight excluding hydrogens is 465 g/mol. The van der Waals surface area contributed by atoms with Crippen LogP contribution in [0.4, 0.5) is 15.8 Å². The monoisotopic (exact) mass is 485 g/mol. The molecule has 1 N–H and O–H groups in total. The molecule has 0 aliphatic heterocycles. The molecule has 0 bridgehead atoms. The molecule has 0 saturated heterocycles. The second kappa shape index (κ2) is 9.16. The molecule has 0 unspecified atom stereocenters. The molecule has 0 radical (unpaired) electrons. The molecule has 3 aromatic carbocycles. The molecule has 10 heteroatoms. The van der Waals surface area contributed by atoms with Gasteiger partial charge in [0.25, 0.3) is 10.0 Å². The Labute approximate surface area is 193 Å². The summed E-state index contributed by atoms with van der Waals surface area (Å²) in [7, 11) is -4.09. The Morgan fingerprint density at radius 3 is 2.42 bits per heavy atom. The highest BCUT2D eigenvalue weighted by Gasteiger charge is 2.27. The van der Waals surface area contributed by atoms with Gasteiger partial charge in [-0.15, -0.1) is 0 Å². The Bertz CT molecular complexity index is 1460. The highest BCUT2D eigenvalue weighted by Crippen LogP contribution is 2.25. The summed E-state index contributed by atoms with van der Waals surface area (Å²) in [6, 6.07) is 17.7. The van der Waals surface area contributed by atoms with Crippen molar-refractivity contribution in [3.05, 3.63) is 88.3 Å². The van der Waals surface area contributed by atoms with E-state index in [1.165, 1.54) is 24.3 Å². The van der Waals surface area contributed by atoms with Gasteiger partial charge in [0.15, 0.2) is 0 Å². The van der Waals surface area contributed by atoms with Crippen LogP contribution in [0.15, 0.2) is 82.5 Å². The van der Waals surface area contributed by atoms with Crippen LogP contribution in [0.5, 0.6) is 0 Å². The van der Waals surface area contributed by atoms with Crippen molar-refractivity contribution in [2.24, 2.45) is 0 Å². The maximum absolute atomic E-state index is 13.4. The third-order valence-corrected chi connectivity index (χ3v) is 7.73. The van der Waals surface area contributed by atoms with Gasteiger partial charge >= 0.3 is 4.87 Å². The number of carbonyl (C=O) groups is 1. The number of aromatic nitrogens is 1. The number of anilines is 2. The molecule has 0 aliphatic rings. The van der Waals surface area contributed by atoms with Crippen LogP contribution in [0.3, 0.4) is 0 Å². The first-order valence-corrected chi connectivity index (χ1v) is 12.3. The highest BCUT2D eigenvalue weighted by atomic mass is 32.2. The number of thiazole rings is 1. The Hall–Kier alpha value is -3.50.